The van der Waals surface area contributed by atoms with Gasteiger partial charge in [-0.05, 0) is 69.5 Å². The number of carbonyl (C=O) groups is 2. The van der Waals surface area contributed by atoms with Gasteiger partial charge in [0.05, 0.1) is 18.0 Å². The van der Waals surface area contributed by atoms with Crippen molar-refractivity contribution in [2.75, 3.05) is 37.0 Å². The number of likely N-dealkylation sites (tertiary alicyclic amines) is 1. The number of hydrogen-bond donors (Lipinski definition) is 1. The number of rotatable bonds is 4. The van der Waals surface area contributed by atoms with Crippen LogP contribution in [0.3, 0.4) is 0 Å². The third-order valence-corrected chi connectivity index (χ3v) is 7.67. The first-order chi connectivity index (χ1) is 20.5. The van der Waals surface area contributed by atoms with E-state index in [0.29, 0.717) is 39.5 Å². The number of halogens is 1. The minimum Gasteiger partial charge on any atom is -0.474 e. The highest BCUT2D eigenvalue weighted by Gasteiger charge is 2.32. The van der Waals surface area contributed by atoms with Crippen LogP contribution in [0.15, 0.2) is 48.8 Å². The maximum atomic E-state index is 15.5. The molecule has 222 valence electrons. The molecule has 1 fully saturated rings. The summed E-state index contributed by atoms with van der Waals surface area (Å²) in [6.45, 7) is 8.52. The molecular formula is C32H33FN6O4. The van der Waals surface area contributed by atoms with E-state index in [4.69, 9.17) is 9.47 Å². The molecule has 2 aromatic carbocycles. The standard InChI is InChI=1S/C32H33FN6O4/c1-18-24(17-34-28-27(18)39(12-13-42-28)31(41)43-32(2,3)4)23-15-26-20(14-25(23)33)16-35-30(37-26)36-21-8-6-19(7-9-21)22-10-11-38(5)29(22)40/h6-9,14-17,22H,10-13H2,1-5H3,(H,35,36,37). The minimum atomic E-state index is -0.682. The molecule has 0 bridgehead atoms. The lowest BCUT2D eigenvalue weighted by Gasteiger charge is -2.32. The van der Waals surface area contributed by atoms with Gasteiger partial charge in [0.2, 0.25) is 17.7 Å². The maximum Gasteiger partial charge on any atom is 0.415 e. The fourth-order valence-corrected chi connectivity index (χ4v) is 5.49. The van der Waals surface area contributed by atoms with E-state index in [-0.39, 0.29) is 30.5 Å². The van der Waals surface area contributed by atoms with Gasteiger partial charge in [-0.25, -0.2) is 24.1 Å². The van der Waals surface area contributed by atoms with Crippen LogP contribution in [-0.2, 0) is 9.53 Å². The van der Waals surface area contributed by atoms with Gasteiger partial charge in [-0.3, -0.25) is 9.69 Å². The lowest BCUT2D eigenvalue weighted by atomic mass is 9.97. The number of likely N-dealkylation sites (N-methyl/N-ethyl adjacent to an activating group) is 1. The lowest BCUT2D eigenvalue weighted by molar-refractivity contribution is -0.127. The number of carbonyl (C=O) groups excluding carboxylic acids is 2. The van der Waals surface area contributed by atoms with Gasteiger partial charge in [-0.2, -0.15) is 0 Å². The van der Waals surface area contributed by atoms with Gasteiger partial charge in [0, 0.05) is 48.2 Å². The molecule has 4 heterocycles. The smallest absolute Gasteiger partial charge is 0.415 e. The summed E-state index contributed by atoms with van der Waals surface area (Å²) in [5.41, 5.74) is 3.47. The van der Waals surface area contributed by atoms with Crippen LogP contribution in [-0.4, -0.2) is 64.2 Å². The molecule has 11 heteroatoms. The van der Waals surface area contributed by atoms with Crippen LogP contribution in [0.5, 0.6) is 5.88 Å². The van der Waals surface area contributed by atoms with E-state index in [9.17, 15) is 9.59 Å². The molecule has 6 rings (SSSR count). The van der Waals surface area contributed by atoms with Gasteiger partial charge >= 0.3 is 6.09 Å². The Morgan fingerprint density at radius 2 is 1.86 bits per heavy atom. The van der Waals surface area contributed by atoms with Gasteiger partial charge in [-0.1, -0.05) is 12.1 Å². The molecule has 1 atom stereocenters. The van der Waals surface area contributed by atoms with Crippen LogP contribution in [0.2, 0.25) is 0 Å². The molecule has 2 aromatic heterocycles. The van der Waals surface area contributed by atoms with Crippen molar-refractivity contribution in [1.82, 2.24) is 19.9 Å². The Hall–Kier alpha value is -4.80. The normalized spacial score (nSPS) is 16.7. The van der Waals surface area contributed by atoms with E-state index < -0.39 is 17.5 Å². The molecule has 1 N–H and O–H groups in total. The zero-order valence-corrected chi connectivity index (χ0v) is 24.8. The molecule has 0 saturated carbocycles. The largest absolute Gasteiger partial charge is 0.474 e. The molecule has 4 aromatic rings. The number of fused-ring (bicyclic) bond motifs is 2. The summed E-state index contributed by atoms with van der Waals surface area (Å²) in [5, 5.41) is 3.73. The molecule has 0 aliphatic carbocycles. The van der Waals surface area contributed by atoms with Crippen molar-refractivity contribution < 1.29 is 23.5 Å². The van der Waals surface area contributed by atoms with Crippen LogP contribution >= 0.6 is 0 Å². The van der Waals surface area contributed by atoms with E-state index in [1.54, 1.807) is 51.1 Å². The Morgan fingerprint density at radius 1 is 1.09 bits per heavy atom. The van der Waals surface area contributed by atoms with Crippen LogP contribution in [0.25, 0.3) is 22.0 Å². The van der Waals surface area contributed by atoms with Crippen LogP contribution < -0.4 is 15.0 Å². The summed E-state index contributed by atoms with van der Waals surface area (Å²) >= 11 is 0. The molecule has 1 saturated heterocycles. The minimum absolute atomic E-state index is 0.117. The second-order valence-corrected chi connectivity index (χ2v) is 11.9. The van der Waals surface area contributed by atoms with Crippen molar-refractivity contribution in [3.05, 3.63) is 65.7 Å². The highest BCUT2D eigenvalue weighted by atomic mass is 19.1. The summed E-state index contributed by atoms with van der Waals surface area (Å²) in [5.74, 6) is 0.192. The predicted octanol–water partition coefficient (Wildman–Crippen LogP) is 5.96. The number of nitrogens with one attached hydrogen (secondary N) is 1. The number of anilines is 3. The zero-order chi connectivity index (χ0) is 30.5. The van der Waals surface area contributed by atoms with Crippen molar-refractivity contribution in [2.24, 2.45) is 0 Å². The predicted molar refractivity (Wildman–Crippen MR) is 161 cm³/mol. The quantitative estimate of drug-likeness (QED) is 0.313. The summed E-state index contributed by atoms with van der Waals surface area (Å²) in [4.78, 5) is 42.1. The monoisotopic (exact) mass is 584 g/mol. The number of aromatic nitrogens is 3. The fourth-order valence-electron chi connectivity index (χ4n) is 5.49. The van der Waals surface area contributed by atoms with Crippen molar-refractivity contribution in [1.29, 1.82) is 0 Å². The summed E-state index contributed by atoms with van der Waals surface area (Å²) in [7, 11) is 1.82. The Labute approximate surface area is 248 Å². The van der Waals surface area contributed by atoms with E-state index in [2.05, 4.69) is 20.3 Å². The first kappa shape index (κ1) is 28.3. The number of amides is 2. The average Bonchev–Trinajstić information content (AvgIpc) is 3.30. The highest BCUT2D eigenvalue weighted by Crippen LogP contribution is 2.40. The topological polar surface area (TPSA) is 110 Å². The molecule has 10 nitrogen and oxygen atoms in total. The van der Waals surface area contributed by atoms with Crippen LogP contribution in [0, 0.1) is 12.7 Å². The van der Waals surface area contributed by atoms with E-state index in [1.165, 1.54) is 11.0 Å². The van der Waals surface area contributed by atoms with Crippen molar-refractivity contribution in [3.8, 4) is 17.0 Å². The van der Waals surface area contributed by atoms with Crippen molar-refractivity contribution >= 4 is 40.2 Å². The summed E-state index contributed by atoms with van der Waals surface area (Å²) < 4.78 is 26.8. The van der Waals surface area contributed by atoms with E-state index >= 15 is 4.39 Å². The van der Waals surface area contributed by atoms with Crippen molar-refractivity contribution in [3.63, 3.8) is 0 Å². The van der Waals surface area contributed by atoms with Crippen LogP contribution in [0.1, 0.15) is 44.2 Å². The number of hydrogen-bond acceptors (Lipinski definition) is 8. The summed E-state index contributed by atoms with van der Waals surface area (Å²) in [6.07, 6.45) is 3.40. The van der Waals surface area contributed by atoms with Gasteiger partial charge in [0.15, 0.2) is 0 Å². The van der Waals surface area contributed by atoms with Gasteiger partial charge in [0.1, 0.15) is 23.7 Å². The number of nitrogens with zero attached hydrogens (tertiary/aromatic N) is 5. The van der Waals surface area contributed by atoms with Crippen LogP contribution in [0.4, 0.5) is 26.5 Å². The average molecular weight is 585 g/mol. The Kier molecular flexibility index (Phi) is 7.11. The Balaban J connectivity index is 1.30. The number of ether oxygens (including phenoxy) is 2. The first-order valence-electron chi connectivity index (χ1n) is 14.2. The second-order valence-electron chi connectivity index (χ2n) is 11.9. The lowest BCUT2D eigenvalue weighted by Crippen LogP contribution is -2.42. The molecular weight excluding hydrogens is 551 g/mol. The SMILES string of the molecule is Cc1c(-c2cc3nc(Nc4ccc(C5CCN(C)C5=O)cc4)ncc3cc2F)cnc2c1N(C(=O)OC(C)(C)C)CCO2. The van der Waals surface area contributed by atoms with Crippen molar-refractivity contribution in [2.45, 2.75) is 45.6 Å². The maximum absolute atomic E-state index is 15.5. The number of benzene rings is 2. The molecule has 0 spiro atoms. The van der Waals surface area contributed by atoms with E-state index in [1.807, 2.05) is 31.3 Å². The molecule has 1 unspecified atom stereocenters. The fraction of sp³-hybridized carbons (Fsp3) is 0.344. The van der Waals surface area contributed by atoms with E-state index in [0.717, 1.165) is 24.2 Å². The molecule has 43 heavy (non-hydrogen) atoms. The highest BCUT2D eigenvalue weighted by molar-refractivity contribution is 5.94. The second kappa shape index (κ2) is 10.8. The first-order valence-corrected chi connectivity index (χ1v) is 14.2. The zero-order valence-electron chi connectivity index (χ0n) is 24.8. The molecule has 0 radical (unpaired) electrons. The molecule has 2 amide bonds. The molecule has 2 aliphatic heterocycles. The Bertz CT molecular complexity index is 1740. The third-order valence-electron chi connectivity index (χ3n) is 7.67. The third kappa shape index (κ3) is 5.54. The summed E-state index contributed by atoms with van der Waals surface area (Å²) in [6, 6.07) is 10.7. The molecule has 2 aliphatic rings. The van der Waals surface area contributed by atoms with Gasteiger partial charge in [0.25, 0.3) is 0 Å². The van der Waals surface area contributed by atoms with Gasteiger partial charge < -0.3 is 19.7 Å². The number of pyridine rings is 1. The van der Waals surface area contributed by atoms with Gasteiger partial charge in [-0.15, -0.1) is 0 Å². The Morgan fingerprint density at radius 3 is 2.56 bits per heavy atom.